The van der Waals surface area contributed by atoms with Crippen LogP contribution in [-0.4, -0.2) is 37.4 Å². The molecule has 106 valence electrons. The number of rotatable bonds is 5. The molecule has 0 unspecified atom stereocenters. The van der Waals surface area contributed by atoms with Gasteiger partial charge in [-0.25, -0.2) is 4.98 Å². The van der Waals surface area contributed by atoms with E-state index in [1.807, 2.05) is 20.9 Å². The van der Waals surface area contributed by atoms with Gasteiger partial charge in [0.05, 0.1) is 5.69 Å². The zero-order valence-electron chi connectivity index (χ0n) is 11.8. The predicted molar refractivity (Wildman–Crippen MR) is 74.8 cm³/mol. The molecule has 0 radical (unpaired) electrons. The summed E-state index contributed by atoms with van der Waals surface area (Å²) in [4.78, 5) is 15.7. The van der Waals surface area contributed by atoms with Crippen molar-refractivity contribution in [2.24, 2.45) is 7.05 Å². The van der Waals surface area contributed by atoms with E-state index < -0.39 is 0 Å². The highest BCUT2D eigenvalue weighted by molar-refractivity contribution is 5.91. The third kappa shape index (κ3) is 3.31. The van der Waals surface area contributed by atoms with Gasteiger partial charge < -0.3 is 5.32 Å². The van der Waals surface area contributed by atoms with Gasteiger partial charge in [-0.15, -0.1) is 0 Å². The van der Waals surface area contributed by atoms with Gasteiger partial charge in [-0.3, -0.25) is 14.6 Å². The standard InChI is InChI=1S/C13H18N6O/c1-9-11(10(2)19(3)18-9)4-5-13(20)14-7-6-12-15-8-16-17-12/h4-5,8H,6-7H2,1-3H3,(H,14,20)(H,15,16,17). The third-order valence-electron chi connectivity index (χ3n) is 3.09. The van der Waals surface area contributed by atoms with Gasteiger partial charge in [0.25, 0.3) is 0 Å². The van der Waals surface area contributed by atoms with E-state index in [9.17, 15) is 4.79 Å². The Morgan fingerprint density at radius 3 is 2.90 bits per heavy atom. The molecule has 0 fully saturated rings. The minimum atomic E-state index is -0.132. The molecule has 0 aliphatic heterocycles. The summed E-state index contributed by atoms with van der Waals surface area (Å²) in [5.74, 6) is 0.625. The van der Waals surface area contributed by atoms with Crippen LogP contribution >= 0.6 is 0 Å². The highest BCUT2D eigenvalue weighted by Gasteiger charge is 2.06. The fourth-order valence-corrected chi connectivity index (χ4v) is 1.90. The lowest BCUT2D eigenvalue weighted by Crippen LogP contribution is -2.23. The monoisotopic (exact) mass is 274 g/mol. The van der Waals surface area contributed by atoms with Crippen molar-refractivity contribution in [2.75, 3.05) is 6.54 Å². The molecular formula is C13H18N6O. The first kappa shape index (κ1) is 14.0. The minimum absolute atomic E-state index is 0.132. The van der Waals surface area contributed by atoms with E-state index >= 15 is 0 Å². The molecule has 2 rings (SSSR count). The van der Waals surface area contributed by atoms with Crippen molar-refractivity contribution in [3.05, 3.63) is 35.2 Å². The molecule has 0 spiro atoms. The number of aromatic nitrogens is 5. The molecule has 1 amide bonds. The van der Waals surface area contributed by atoms with E-state index in [1.54, 1.807) is 10.8 Å². The normalized spacial score (nSPS) is 11.2. The first-order valence-electron chi connectivity index (χ1n) is 6.38. The highest BCUT2D eigenvalue weighted by atomic mass is 16.1. The summed E-state index contributed by atoms with van der Waals surface area (Å²) in [5.41, 5.74) is 2.93. The number of aromatic amines is 1. The molecule has 20 heavy (non-hydrogen) atoms. The Hall–Kier alpha value is -2.44. The van der Waals surface area contributed by atoms with Crippen molar-refractivity contribution in [3.8, 4) is 0 Å². The largest absolute Gasteiger partial charge is 0.352 e. The quantitative estimate of drug-likeness (QED) is 0.778. The second kappa shape index (κ2) is 6.14. The van der Waals surface area contributed by atoms with E-state index in [0.717, 1.165) is 22.8 Å². The summed E-state index contributed by atoms with van der Waals surface area (Å²) in [5, 5.41) is 13.6. The smallest absolute Gasteiger partial charge is 0.244 e. The molecule has 0 aromatic carbocycles. The zero-order chi connectivity index (χ0) is 14.5. The lowest BCUT2D eigenvalue weighted by molar-refractivity contribution is -0.116. The van der Waals surface area contributed by atoms with Gasteiger partial charge in [0.1, 0.15) is 12.2 Å². The van der Waals surface area contributed by atoms with Crippen molar-refractivity contribution >= 4 is 12.0 Å². The molecule has 2 heterocycles. The van der Waals surface area contributed by atoms with Crippen molar-refractivity contribution < 1.29 is 4.79 Å². The van der Waals surface area contributed by atoms with Crippen molar-refractivity contribution in [1.29, 1.82) is 0 Å². The van der Waals surface area contributed by atoms with E-state index in [2.05, 4.69) is 25.6 Å². The Morgan fingerprint density at radius 1 is 1.50 bits per heavy atom. The molecule has 0 aliphatic rings. The number of aryl methyl sites for hydroxylation is 2. The SMILES string of the molecule is Cc1nn(C)c(C)c1C=CC(=O)NCCc1ncn[nH]1. The van der Waals surface area contributed by atoms with Gasteiger partial charge in [0.2, 0.25) is 5.91 Å². The number of H-pyrrole nitrogens is 1. The molecule has 7 heteroatoms. The summed E-state index contributed by atoms with van der Waals surface area (Å²) in [6.45, 7) is 4.42. The van der Waals surface area contributed by atoms with Crippen LogP contribution in [0.5, 0.6) is 0 Å². The van der Waals surface area contributed by atoms with Crippen LogP contribution in [0, 0.1) is 13.8 Å². The summed E-state index contributed by atoms with van der Waals surface area (Å²) in [6.07, 6.45) is 5.40. The van der Waals surface area contributed by atoms with Crippen molar-refractivity contribution in [2.45, 2.75) is 20.3 Å². The number of hydrogen-bond donors (Lipinski definition) is 2. The van der Waals surface area contributed by atoms with Gasteiger partial charge in [0.15, 0.2) is 0 Å². The Morgan fingerprint density at radius 2 is 2.30 bits per heavy atom. The van der Waals surface area contributed by atoms with Gasteiger partial charge in [-0.05, 0) is 19.9 Å². The molecule has 0 saturated carbocycles. The number of carbonyl (C=O) groups excluding carboxylic acids is 1. The van der Waals surface area contributed by atoms with E-state index in [4.69, 9.17) is 0 Å². The number of nitrogens with one attached hydrogen (secondary N) is 2. The van der Waals surface area contributed by atoms with Gasteiger partial charge in [0, 0.05) is 37.3 Å². The Balaban J connectivity index is 1.86. The predicted octanol–water partition coefficient (Wildman–Crippen LogP) is 0.527. The molecule has 2 aromatic rings. The van der Waals surface area contributed by atoms with E-state index in [-0.39, 0.29) is 5.91 Å². The molecule has 7 nitrogen and oxygen atoms in total. The van der Waals surface area contributed by atoms with Gasteiger partial charge in [-0.1, -0.05) is 0 Å². The van der Waals surface area contributed by atoms with Crippen LogP contribution in [0.1, 0.15) is 22.8 Å². The van der Waals surface area contributed by atoms with Gasteiger partial charge in [-0.2, -0.15) is 10.2 Å². The van der Waals surface area contributed by atoms with Crippen LogP contribution in [0.25, 0.3) is 6.08 Å². The van der Waals surface area contributed by atoms with Crippen LogP contribution in [0.15, 0.2) is 12.4 Å². The molecule has 2 aromatic heterocycles. The number of nitrogens with zero attached hydrogens (tertiary/aromatic N) is 4. The summed E-state index contributed by atoms with van der Waals surface area (Å²) in [6, 6.07) is 0. The average Bonchev–Trinajstić information content (AvgIpc) is 2.98. The van der Waals surface area contributed by atoms with Crippen molar-refractivity contribution in [1.82, 2.24) is 30.3 Å². The first-order valence-corrected chi connectivity index (χ1v) is 6.38. The number of carbonyl (C=O) groups is 1. The summed E-state index contributed by atoms with van der Waals surface area (Å²) in [7, 11) is 1.89. The topological polar surface area (TPSA) is 88.5 Å². The Bertz CT molecular complexity index is 611. The molecular weight excluding hydrogens is 256 g/mol. The zero-order valence-corrected chi connectivity index (χ0v) is 11.8. The second-order valence-corrected chi connectivity index (χ2v) is 4.51. The van der Waals surface area contributed by atoms with Crippen LogP contribution < -0.4 is 5.32 Å². The third-order valence-corrected chi connectivity index (χ3v) is 3.09. The summed E-state index contributed by atoms with van der Waals surface area (Å²) >= 11 is 0. The lowest BCUT2D eigenvalue weighted by Gasteiger charge is -1.99. The second-order valence-electron chi connectivity index (χ2n) is 4.51. The lowest BCUT2D eigenvalue weighted by atomic mass is 10.2. The van der Waals surface area contributed by atoms with E-state index in [1.165, 1.54) is 12.4 Å². The van der Waals surface area contributed by atoms with E-state index in [0.29, 0.717) is 13.0 Å². The number of amides is 1. The molecule has 0 atom stereocenters. The fourth-order valence-electron chi connectivity index (χ4n) is 1.90. The van der Waals surface area contributed by atoms with Crippen LogP contribution in [0.2, 0.25) is 0 Å². The average molecular weight is 274 g/mol. The molecule has 0 bridgehead atoms. The maximum atomic E-state index is 11.7. The molecule has 0 saturated heterocycles. The molecule has 2 N–H and O–H groups in total. The minimum Gasteiger partial charge on any atom is -0.352 e. The number of hydrogen-bond acceptors (Lipinski definition) is 4. The Kier molecular flexibility index (Phi) is 4.29. The molecule has 0 aliphatic carbocycles. The van der Waals surface area contributed by atoms with Crippen LogP contribution in [0.4, 0.5) is 0 Å². The van der Waals surface area contributed by atoms with Crippen LogP contribution in [-0.2, 0) is 18.3 Å². The first-order chi connectivity index (χ1) is 9.58. The van der Waals surface area contributed by atoms with Gasteiger partial charge >= 0.3 is 0 Å². The fraction of sp³-hybridized carbons (Fsp3) is 0.385. The van der Waals surface area contributed by atoms with Crippen molar-refractivity contribution in [3.63, 3.8) is 0 Å². The maximum Gasteiger partial charge on any atom is 0.244 e. The Labute approximate surface area is 117 Å². The maximum absolute atomic E-state index is 11.7. The highest BCUT2D eigenvalue weighted by Crippen LogP contribution is 2.13. The summed E-state index contributed by atoms with van der Waals surface area (Å²) < 4.78 is 1.80. The van der Waals surface area contributed by atoms with Crippen LogP contribution in [0.3, 0.4) is 0 Å².